The number of methoxy groups -OCH3 is 1. The van der Waals surface area contributed by atoms with Gasteiger partial charge in [-0.3, -0.25) is 19.1 Å². The van der Waals surface area contributed by atoms with Gasteiger partial charge in [-0.15, -0.1) is 0 Å². The summed E-state index contributed by atoms with van der Waals surface area (Å²) < 4.78 is 12.5. The highest BCUT2D eigenvalue weighted by molar-refractivity contribution is 6.05. The number of nitrogens with one attached hydrogen (secondary N) is 1. The number of benzene rings is 1. The van der Waals surface area contributed by atoms with E-state index in [1.807, 2.05) is 19.9 Å². The van der Waals surface area contributed by atoms with Crippen LogP contribution in [0, 0.1) is 0 Å². The molecule has 1 aromatic heterocycles. The molecule has 0 aliphatic heterocycles. The van der Waals surface area contributed by atoms with Crippen molar-refractivity contribution in [2.75, 3.05) is 30.9 Å². The van der Waals surface area contributed by atoms with Gasteiger partial charge in [0.1, 0.15) is 5.82 Å². The average molecular weight is 473 g/mol. The van der Waals surface area contributed by atoms with Crippen LogP contribution in [0.3, 0.4) is 0 Å². The van der Waals surface area contributed by atoms with Crippen molar-refractivity contribution in [3.05, 3.63) is 50.7 Å². The van der Waals surface area contributed by atoms with Crippen LogP contribution in [0.1, 0.15) is 58.4 Å². The molecule has 0 fully saturated rings. The molecule has 9 nitrogen and oxygen atoms in total. The van der Waals surface area contributed by atoms with Gasteiger partial charge < -0.3 is 20.1 Å². The summed E-state index contributed by atoms with van der Waals surface area (Å²) in [5, 5.41) is 0. The molecule has 2 rings (SSSR count). The third kappa shape index (κ3) is 6.76. The molecule has 1 aromatic carbocycles. The van der Waals surface area contributed by atoms with Crippen molar-refractivity contribution in [3.8, 4) is 11.5 Å². The zero-order valence-electron chi connectivity index (χ0n) is 20.6. The third-order valence-corrected chi connectivity index (χ3v) is 5.29. The summed E-state index contributed by atoms with van der Waals surface area (Å²) in [6.45, 7) is 7.21. The SMILES string of the molecule is CCCCOc1ccc(/C=C/C(=O)N(CCC)c2c(N)n(CCCC)c(=O)[nH]c2=O)cc1OC. The van der Waals surface area contributed by atoms with Gasteiger partial charge in [-0.1, -0.05) is 39.7 Å². The van der Waals surface area contributed by atoms with E-state index in [0.717, 1.165) is 31.2 Å². The molecule has 0 saturated heterocycles. The Hall–Kier alpha value is -3.49. The summed E-state index contributed by atoms with van der Waals surface area (Å²) in [5.74, 6) is 0.787. The first-order valence-electron chi connectivity index (χ1n) is 11.8. The number of H-pyrrole nitrogens is 1. The van der Waals surface area contributed by atoms with Crippen LogP contribution in [0.25, 0.3) is 6.08 Å². The fourth-order valence-corrected chi connectivity index (χ4v) is 3.42. The van der Waals surface area contributed by atoms with Crippen LogP contribution in [0.15, 0.2) is 33.9 Å². The van der Waals surface area contributed by atoms with Crippen LogP contribution in [-0.2, 0) is 11.3 Å². The Morgan fingerprint density at radius 1 is 1.12 bits per heavy atom. The maximum Gasteiger partial charge on any atom is 0.330 e. The van der Waals surface area contributed by atoms with Crippen molar-refractivity contribution < 1.29 is 14.3 Å². The minimum atomic E-state index is -0.680. The second kappa shape index (κ2) is 13.3. The number of amides is 1. The number of anilines is 2. The van der Waals surface area contributed by atoms with Crippen LogP contribution < -0.4 is 31.4 Å². The van der Waals surface area contributed by atoms with Gasteiger partial charge in [0.2, 0.25) is 0 Å². The molecule has 0 aliphatic rings. The molecule has 0 unspecified atom stereocenters. The highest BCUT2D eigenvalue weighted by atomic mass is 16.5. The number of carbonyl (C=O) groups excluding carboxylic acids is 1. The minimum absolute atomic E-state index is 0.00681. The molecule has 0 spiro atoms. The fourth-order valence-electron chi connectivity index (χ4n) is 3.42. The number of aromatic amines is 1. The molecule has 3 N–H and O–H groups in total. The van der Waals surface area contributed by atoms with Crippen LogP contribution in [0.2, 0.25) is 0 Å². The summed E-state index contributed by atoms with van der Waals surface area (Å²) in [7, 11) is 1.56. The molecule has 9 heteroatoms. The van der Waals surface area contributed by atoms with Gasteiger partial charge in [-0.2, -0.15) is 0 Å². The number of hydrogen-bond donors (Lipinski definition) is 2. The summed E-state index contributed by atoms with van der Waals surface area (Å²) >= 11 is 0. The standard InChI is InChI=1S/C25H36N4O5/c1-5-8-15-29-23(26)22(24(31)27-25(29)32)28(14-7-3)21(30)13-11-18-10-12-19(20(17-18)33-4)34-16-9-6-2/h10-13,17H,5-9,14-16,26H2,1-4H3,(H,27,31,32)/b13-11+. The number of carbonyl (C=O) groups is 1. The number of nitrogen functional groups attached to an aromatic ring is 1. The van der Waals surface area contributed by atoms with Crippen molar-refractivity contribution in [2.24, 2.45) is 0 Å². The zero-order chi connectivity index (χ0) is 25.1. The summed E-state index contributed by atoms with van der Waals surface area (Å²) in [6, 6.07) is 5.40. The van der Waals surface area contributed by atoms with E-state index in [2.05, 4.69) is 11.9 Å². The molecule has 1 amide bonds. The molecule has 34 heavy (non-hydrogen) atoms. The highest BCUT2D eigenvalue weighted by Gasteiger charge is 2.22. The van der Waals surface area contributed by atoms with Crippen molar-refractivity contribution in [3.63, 3.8) is 0 Å². The Morgan fingerprint density at radius 2 is 1.85 bits per heavy atom. The van der Waals surface area contributed by atoms with Gasteiger partial charge in [0.15, 0.2) is 17.2 Å². The Bertz CT molecular complexity index is 1100. The van der Waals surface area contributed by atoms with Crippen LogP contribution in [0.4, 0.5) is 11.5 Å². The Morgan fingerprint density at radius 3 is 2.50 bits per heavy atom. The van der Waals surface area contributed by atoms with Crippen molar-refractivity contribution in [2.45, 2.75) is 59.4 Å². The van der Waals surface area contributed by atoms with E-state index >= 15 is 0 Å². The number of unbranched alkanes of at least 4 members (excludes halogenated alkanes) is 2. The van der Waals surface area contributed by atoms with Gasteiger partial charge in [0.25, 0.3) is 11.5 Å². The van der Waals surface area contributed by atoms with E-state index in [4.69, 9.17) is 15.2 Å². The quantitative estimate of drug-likeness (QED) is 0.340. The van der Waals surface area contributed by atoms with Crippen LogP contribution in [0.5, 0.6) is 11.5 Å². The number of ether oxygens (including phenoxy) is 2. The van der Waals surface area contributed by atoms with Gasteiger partial charge in [0, 0.05) is 19.2 Å². The lowest BCUT2D eigenvalue weighted by Gasteiger charge is -2.23. The average Bonchev–Trinajstić information content (AvgIpc) is 2.82. The molecular weight excluding hydrogens is 436 g/mol. The fraction of sp³-hybridized carbons (Fsp3) is 0.480. The van der Waals surface area contributed by atoms with Crippen LogP contribution in [-0.4, -0.2) is 35.7 Å². The van der Waals surface area contributed by atoms with Crippen molar-refractivity contribution in [1.29, 1.82) is 0 Å². The molecular formula is C25H36N4O5. The smallest absolute Gasteiger partial charge is 0.330 e. The minimum Gasteiger partial charge on any atom is -0.493 e. The second-order valence-electron chi connectivity index (χ2n) is 7.93. The summed E-state index contributed by atoms with van der Waals surface area (Å²) in [4.78, 5) is 41.6. The van der Waals surface area contributed by atoms with E-state index in [1.54, 1.807) is 25.3 Å². The third-order valence-electron chi connectivity index (χ3n) is 5.29. The molecule has 2 aromatic rings. The van der Waals surface area contributed by atoms with E-state index in [9.17, 15) is 14.4 Å². The molecule has 1 heterocycles. The van der Waals surface area contributed by atoms with Crippen molar-refractivity contribution >= 4 is 23.5 Å². The highest BCUT2D eigenvalue weighted by Crippen LogP contribution is 2.29. The van der Waals surface area contributed by atoms with Gasteiger partial charge >= 0.3 is 5.69 Å². The number of rotatable bonds is 13. The first kappa shape index (κ1) is 26.8. The van der Waals surface area contributed by atoms with Gasteiger partial charge in [-0.25, -0.2) is 4.79 Å². The molecule has 0 aliphatic carbocycles. The van der Waals surface area contributed by atoms with E-state index in [1.165, 1.54) is 15.5 Å². The molecule has 0 radical (unpaired) electrons. The lowest BCUT2D eigenvalue weighted by atomic mass is 10.1. The summed E-state index contributed by atoms with van der Waals surface area (Å²) in [6.07, 6.45) is 7.17. The first-order chi connectivity index (χ1) is 16.4. The number of hydrogen-bond acceptors (Lipinski definition) is 6. The van der Waals surface area contributed by atoms with E-state index in [-0.39, 0.29) is 18.1 Å². The Kier molecular flexibility index (Phi) is 10.4. The zero-order valence-corrected chi connectivity index (χ0v) is 20.6. The van der Waals surface area contributed by atoms with Gasteiger partial charge in [0.05, 0.1) is 13.7 Å². The topological polar surface area (TPSA) is 120 Å². The number of aromatic nitrogens is 2. The second-order valence-corrected chi connectivity index (χ2v) is 7.93. The lowest BCUT2D eigenvalue weighted by Crippen LogP contribution is -2.41. The van der Waals surface area contributed by atoms with Crippen molar-refractivity contribution in [1.82, 2.24) is 9.55 Å². The largest absolute Gasteiger partial charge is 0.493 e. The molecule has 0 saturated carbocycles. The predicted octanol–water partition coefficient (Wildman–Crippen LogP) is 3.56. The van der Waals surface area contributed by atoms with Crippen LogP contribution >= 0.6 is 0 Å². The maximum atomic E-state index is 13.1. The Balaban J connectivity index is 2.34. The number of nitrogens with zero attached hydrogens (tertiary/aromatic N) is 2. The van der Waals surface area contributed by atoms with E-state index < -0.39 is 17.2 Å². The maximum absolute atomic E-state index is 13.1. The summed E-state index contributed by atoms with van der Waals surface area (Å²) in [5.41, 5.74) is 5.67. The molecule has 0 bridgehead atoms. The predicted molar refractivity (Wildman–Crippen MR) is 136 cm³/mol. The first-order valence-corrected chi connectivity index (χ1v) is 11.8. The molecule has 186 valence electrons. The lowest BCUT2D eigenvalue weighted by molar-refractivity contribution is -0.114. The number of nitrogens with two attached hydrogens (primary N) is 1. The Labute approximate surface area is 200 Å². The van der Waals surface area contributed by atoms with Gasteiger partial charge in [-0.05, 0) is 43.0 Å². The normalized spacial score (nSPS) is 11.1. The monoisotopic (exact) mass is 472 g/mol. The molecule has 0 atom stereocenters. The van der Waals surface area contributed by atoms with E-state index in [0.29, 0.717) is 31.1 Å².